The van der Waals surface area contributed by atoms with Gasteiger partial charge in [-0.15, -0.1) is 0 Å². The van der Waals surface area contributed by atoms with E-state index in [-0.39, 0.29) is 0 Å². The molecule has 0 saturated carbocycles. The van der Waals surface area contributed by atoms with E-state index >= 15 is 0 Å². The Morgan fingerprint density at radius 3 is 2.76 bits per heavy atom. The third-order valence-corrected chi connectivity index (χ3v) is 4.59. The average Bonchev–Trinajstić information content (AvgIpc) is 2.55. The van der Waals surface area contributed by atoms with Gasteiger partial charge in [-0.1, -0.05) is 18.2 Å². The molecule has 108 valence electrons. The molecule has 0 unspecified atom stereocenters. The summed E-state index contributed by atoms with van der Waals surface area (Å²) in [4.78, 5) is 4.77. The van der Waals surface area contributed by atoms with Crippen molar-refractivity contribution in [3.8, 4) is 0 Å². The maximum Gasteiger partial charge on any atom is 0.0649 e. The maximum absolute atomic E-state index is 3.54. The van der Waals surface area contributed by atoms with Crippen molar-refractivity contribution in [3.05, 3.63) is 48.0 Å². The van der Waals surface area contributed by atoms with E-state index < -0.39 is 0 Å². The van der Waals surface area contributed by atoms with Crippen LogP contribution in [0.2, 0.25) is 0 Å². The first-order valence-electron chi connectivity index (χ1n) is 7.77. The lowest BCUT2D eigenvalue weighted by molar-refractivity contribution is 0.815. The fraction of sp³-hybridized carbons (Fsp3) is 0.333. The lowest BCUT2D eigenvalue weighted by Crippen LogP contribution is -2.36. The Labute approximate surface area is 126 Å². The molecule has 2 heterocycles. The standard InChI is InChI=1S/C18H21N3/c1-20-11-12-21(18-7-3-2-6-17(18)20)15-9-8-14-5-4-10-19-16(14)13-15/h2-3,6-9,13,19H,4-5,10-12H2,1H3. The van der Waals surface area contributed by atoms with Crippen LogP contribution in [-0.2, 0) is 6.42 Å². The molecule has 0 radical (unpaired) electrons. The molecule has 1 N–H and O–H groups in total. The van der Waals surface area contributed by atoms with Crippen LogP contribution in [0.5, 0.6) is 0 Å². The number of anilines is 4. The number of nitrogens with zero attached hydrogens (tertiary/aromatic N) is 2. The molecular weight excluding hydrogens is 258 g/mol. The van der Waals surface area contributed by atoms with Crippen LogP contribution >= 0.6 is 0 Å². The quantitative estimate of drug-likeness (QED) is 0.860. The monoisotopic (exact) mass is 279 g/mol. The Bertz CT molecular complexity index is 665. The van der Waals surface area contributed by atoms with Gasteiger partial charge in [0.1, 0.15) is 0 Å². The van der Waals surface area contributed by atoms with E-state index in [0.29, 0.717) is 0 Å². The highest BCUT2D eigenvalue weighted by molar-refractivity contribution is 5.80. The molecule has 0 spiro atoms. The first-order valence-corrected chi connectivity index (χ1v) is 7.77. The number of nitrogens with one attached hydrogen (secondary N) is 1. The van der Waals surface area contributed by atoms with Crippen molar-refractivity contribution in [2.45, 2.75) is 12.8 Å². The third kappa shape index (κ3) is 2.13. The molecule has 0 aliphatic carbocycles. The normalized spacial score (nSPS) is 17.0. The van der Waals surface area contributed by atoms with Gasteiger partial charge < -0.3 is 15.1 Å². The molecule has 0 atom stereocenters. The van der Waals surface area contributed by atoms with Crippen LogP contribution in [0.25, 0.3) is 0 Å². The van der Waals surface area contributed by atoms with Gasteiger partial charge in [-0.2, -0.15) is 0 Å². The van der Waals surface area contributed by atoms with Gasteiger partial charge in [0.2, 0.25) is 0 Å². The zero-order valence-electron chi connectivity index (χ0n) is 12.5. The van der Waals surface area contributed by atoms with E-state index in [2.05, 4.69) is 64.6 Å². The molecule has 2 aromatic rings. The van der Waals surface area contributed by atoms with E-state index in [9.17, 15) is 0 Å². The summed E-state index contributed by atoms with van der Waals surface area (Å²) in [7, 11) is 2.17. The van der Waals surface area contributed by atoms with E-state index in [1.807, 2.05) is 0 Å². The fourth-order valence-electron chi connectivity index (χ4n) is 3.39. The van der Waals surface area contributed by atoms with Crippen LogP contribution in [0.4, 0.5) is 22.7 Å². The van der Waals surface area contributed by atoms with Crippen molar-refractivity contribution >= 4 is 22.7 Å². The predicted molar refractivity (Wildman–Crippen MR) is 90.0 cm³/mol. The summed E-state index contributed by atoms with van der Waals surface area (Å²) in [5, 5.41) is 3.54. The minimum atomic E-state index is 1.03. The molecular formula is C18H21N3. The summed E-state index contributed by atoms with van der Waals surface area (Å²) in [6, 6.07) is 15.5. The van der Waals surface area contributed by atoms with Gasteiger partial charge in [-0.05, 0) is 42.7 Å². The number of rotatable bonds is 1. The number of likely N-dealkylation sites (N-methyl/N-ethyl adjacent to an activating group) is 1. The summed E-state index contributed by atoms with van der Waals surface area (Å²) in [5.74, 6) is 0. The molecule has 2 aliphatic heterocycles. The van der Waals surface area contributed by atoms with Gasteiger partial charge in [0.15, 0.2) is 0 Å². The lowest BCUT2D eigenvalue weighted by Gasteiger charge is -2.37. The highest BCUT2D eigenvalue weighted by Gasteiger charge is 2.21. The molecule has 0 bridgehead atoms. The molecule has 0 saturated heterocycles. The summed E-state index contributed by atoms with van der Waals surface area (Å²) >= 11 is 0. The molecule has 3 nitrogen and oxygen atoms in total. The Morgan fingerprint density at radius 2 is 1.86 bits per heavy atom. The van der Waals surface area contributed by atoms with Gasteiger partial charge in [0, 0.05) is 38.1 Å². The molecule has 2 aromatic carbocycles. The van der Waals surface area contributed by atoms with Crippen LogP contribution in [-0.4, -0.2) is 26.7 Å². The van der Waals surface area contributed by atoms with Crippen molar-refractivity contribution in [3.63, 3.8) is 0 Å². The van der Waals surface area contributed by atoms with Crippen molar-refractivity contribution in [2.24, 2.45) is 0 Å². The summed E-state index contributed by atoms with van der Waals surface area (Å²) < 4.78 is 0. The van der Waals surface area contributed by atoms with E-state index in [4.69, 9.17) is 0 Å². The SMILES string of the molecule is CN1CCN(c2ccc3c(c2)NCCC3)c2ccccc21. The summed E-state index contributed by atoms with van der Waals surface area (Å²) in [6.07, 6.45) is 2.44. The third-order valence-electron chi connectivity index (χ3n) is 4.59. The van der Waals surface area contributed by atoms with Crippen molar-refractivity contribution in [2.75, 3.05) is 41.8 Å². The zero-order valence-corrected chi connectivity index (χ0v) is 12.5. The largest absolute Gasteiger partial charge is 0.385 e. The topological polar surface area (TPSA) is 18.5 Å². The number of fused-ring (bicyclic) bond motifs is 2. The minimum absolute atomic E-state index is 1.03. The number of hydrogen-bond acceptors (Lipinski definition) is 3. The number of aryl methyl sites for hydroxylation is 1. The van der Waals surface area contributed by atoms with Crippen molar-refractivity contribution in [1.29, 1.82) is 0 Å². The van der Waals surface area contributed by atoms with Gasteiger partial charge in [-0.25, -0.2) is 0 Å². The van der Waals surface area contributed by atoms with Crippen LogP contribution in [0.15, 0.2) is 42.5 Å². The van der Waals surface area contributed by atoms with E-state index in [1.165, 1.54) is 41.2 Å². The number of benzene rings is 2. The minimum Gasteiger partial charge on any atom is -0.385 e. The van der Waals surface area contributed by atoms with Crippen molar-refractivity contribution in [1.82, 2.24) is 0 Å². The second-order valence-electron chi connectivity index (χ2n) is 5.93. The summed E-state index contributed by atoms with van der Waals surface area (Å²) in [5.41, 5.74) is 6.68. The van der Waals surface area contributed by atoms with Crippen molar-refractivity contribution < 1.29 is 0 Å². The van der Waals surface area contributed by atoms with Crippen LogP contribution < -0.4 is 15.1 Å². The molecule has 3 heteroatoms. The Morgan fingerprint density at radius 1 is 1.00 bits per heavy atom. The van der Waals surface area contributed by atoms with Crippen LogP contribution in [0.1, 0.15) is 12.0 Å². The molecule has 0 fully saturated rings. The predicted octanol–water partition coefficient (Wildman–Crippen LogP) is 3.63. The van der Waals surface area contributed by atoms with Gasteiger partial charge in [-0.3, -0.25) is 0 Å². The first-order chi connectivity index (χ1) is 10.3. The molecule has 2 aliphatic rings. The Balaban J connectivity index is 1.75. The number of hydrogen-bond donors (Lipinski definition) is 1. The molecule has 4 rings (SSSR count). The van der Waals surface area contributed by atoms with Crippen LogP contribution in [0.3, 0.4) is 0 Å². The van der Waals surface area contributed by atoms with Gasteiger partial charge >= 0.3 is 0 Å². The fourth-order valence-corrected chi connectivity index (χ4v) is 3.39. The van der Waals surface area contributed by atoms with Gasteiger partial charge in [0.05, 0.1) is 11.4 Å². The molecule has 21 heavy (non-hydrogen) atoms. The van der Waals surface area contributed by atoms with Gasteiger partial charge in [0.25, 0.3) is 0 Å². The Kier molecular flexibility index (Phi) is 2.99. The van der Waals surface area contributed by atoms with E-state index in [0.717, 1.165) is 19.6 Å². The molecule has 0 aromatic heterocycles. The summed E-state index contributed by atoms with van der Waals surface area (Å²) in [6.45, 7) is 3.18. The highest BCUT2D eigenvalue weighted by Crippen LogP contribution is 2.38. The second-order valence-corrected chi connectivity index (χ2v) is 5.93. The first kappa shape index (κ1) is 12.6. The lowest BCUT2D eigenvalue weighted by atomic mass is 10.0. The highest BCUT2D eigenvalue weighted by atomic mass is 15.3. The maximum atomic E-state index is 3.54. The van der Waals surface area contributed by atoms with Crippen LogP contribution in [0, 0.1) is 0 Å². The molecule has 0 amide bonds. The second kappa shape index (κ2) is 4.99. The average molecular weight is 279 g/mol. The Hall–Kier alpha value is -2.16. The number of para-hydroxylation sites is 2. The van der Waals surface area contributed by atoms with E-state index in [1.54, 1.807) is 0 Å². The zero-order chi connectivity index (χ0) is 14.2. The smallest absolute Gasteiger partial charge is 0.0649 e.